The van der Waals surface area contributed by atoms with Crippen LogP contribution in [0.2, 0.25) is 0 Å². The van der Waals surface area contributed by atoms with Crippen molar-refractivity contribution < 1.29 is 37.9 Å². The van der Waals surface area contributed by atoms with E-state index in [4.69, 9.17) is 13.8 Å². The standard InChI is InChI=1S/C30H36N2O8P2/c1-22-28-20-27(40-42(35,36)37)14-15-29(28)32(30(22)24-8-12-26(13-9-24)39-41(33)34)21-23-6-10-25(11-7-23)38-19-18-31-16-4-2-3-5-17-31/h6-15,20,33-34H,2-5,16-19,21H2,1H3,(H2,35,36,37). The van der Waals surface area contributed by atoms with Crippen molar-refractivity contribution in [2.75, 3.05) is 26.2 Å². The highest BCUT2D eigenvalue weighted by molar-refractivity contribution is 7.46. The molecule has 12 heteroatoms. The fraction of sp³-hybridized carbons (Fsp3) is 0.333. The second kappa shape index (κ2) is 13.6. The van der Waals surface area contributed by atoms with Crippen LogP contribution in [0.4, 0.5) is 0 Å². The summed E-state index contributed by atoms with van der Waals surface area (Å²) in [5, 5.41) is 0.791. The first-order valence-electron chi connectivity index (χ1n) is 13.9. The van der Waals surface area contributed by atoms with Crippen molar-refractivity contribution in [2.45, 2.75) is 39.2 Å². The molecular formula is C30H36N2O8P2. The van der Waals surface area contributed by atoms with E-state index >= 15 is 0 Å². The van der Waals surface area contributed by atoms with Gasteiger partial charge < -0.3 is 28.1 Å². The van der Waals surface area contributed by atoms with Crippen LogP contribution in [0.5, 0.6) is 17.2 Å². The Morgan fingerprint density at radius 1 is 0.857 bits per heavy atom. The van der Waals surface area contributed by atoms with E-state index in [1.807, 2.05) is 43.3 Å². The Balaban J connectivity index is 1.40. The fourth-order valence-corrected chi connectivity index (χ4v) is 6.22. The van der Waals surface area contributed by atoms with Gasteiger partial charge in [0, 0.05) is 24.0 Å². The maximum Gasteiger partial charge on any atom is 0.524 e. The number of aryl methyl sites for hydroxylation is 1. The topological polar surface area (TPSA) is 134 Å². The van der Waals surface area contributed by atoms with E-state index in [9.17, 15) is 24.1 Å². The van der Waals surface area contributed by atoms with Crippen LogP contribution in [0.3, 0.4) is 0 Å². The quantitative estimate of drug-likeness (QED) is 0.151. The van der Waals surface area contributed by atoms with Gasteiger partial charge in [-0.05, 0) is 104 Å². The number of hydrogen-bond donors (Lipinski definition) is 4. The zero-order valence-corrected chi connectivity index (χ0v) is 25.2. The van der Waals surface area contributed by atoms with Crippen molar-refractivity contribution in [1.82, 2.24) is 9.47 Å². The largest absolute Gasteiger partial charge is 0.524 e. The van der Waals surface area contributed by atoms with Gasteiger partial charge in [-0.25, -0.2) is 4.57 Å². The van der Waals surface area contributed by atoms with Gasteiger partial charge in [0.25, 0.3) is 0 Å². The zero-order chi connectivity index (χ0) is 29.7. The molecule has 1 aliphatic rings. The van der Waals surface area contributed by atoms with E-state index in [1.165, 1.54) is 25.7 Å². The van der Waals surface area contributed by atoms with Crippen molar-refractivity contribution in [1.29, 1.82) is 0 Å². The fourth-order valence-electron chi connectivity index (χ4n) is 5.53. The molecule has 0 radical (unpaired) electrons. The molecule has 4 aromatic rings. The number of ether oxygens (including phenoxy) is 1. The van der Waals surface area contributed by atoms with Crippen molar-refractivity contribution in [2.24, 2.45) is 0 Å². The third kappa shape index (κ3) is 7.91. The maximum atomic E-state index is 11.5. The number of phosphoric ester groups is 1. The molecule has 5 rings (SSSR count). The van der Waals surface area contributed by atoms with Gasteiger partial charge in [0.15, 0.2) is 0 Å². The lowest BCUT2D eigenvalue weighted by molar-refractivity contribution is 0.214. The number of hydrogen-bond acceptors (Lipinski definition) is 7. The minimum Gasteiger partial charge on any atom is -0.492 e. The molecule has 1 aromatic heterocycles. The lowest BCUT2D eigenvalue weighted by Crippen LogP contribution is -2.29. The molecule has 224 valence electrons. The van der Waals surface area contributed by atoms with Crippen LogP contribution in [0.25, 0.3) is 22.2 Å². The molecule has 3 aromatic carbocycles. The summed E-state index contributed by atoms with van der Waals surface area (Å²) in [5.41, 5.74) is 4.58. The summed E-state index contributed by atoms with van der Waals surface area (Å²) >= 11 is 0. The van der Waals surface area contributed by atoms with E-state index < -0.39 is 16.4 Å². The van der Waals surface area contributed by atoms with Gasteiger partial charge >= 0.3 is 16.4 Å². The van der Waals surface area contributed by atoms with E-state index in [2.05, 4.69) is 9.47 Å². The Hall–Kier alpha value is -2.94. The van der Waals surface area contributed by atoms with Crippen molar-refractivity contribution in [3.8, 4) is 28.5 Å². The van der Waals surface area contributed by atoms with Crippen LogP contribution >= 0.6 is 16.4 Å². The van der Waals surface area contributed by atoms with Gasteiger partial charge in [0.05, 0.1) is 5.69 Å². The highest BCUT2D eigenvalue weighted by Crippen LogP contribution is 2.41. The lowest BCUT2D eigenvalue weighted by Gasteiger charge is -2.19. The van der Waals surface area contributed by atoms with Crippen LogP contribution in [0.1, 0.15) is 36.8 Å². The predicted octanol–water partition coefficient (Wildman–Crippen LogP) is 5.98. The number of nitrogens with zero attached hydrogens (tertiary/aromatic N) is 2. The summed E-state index contributed by atoms with van der Waals surface area (Å²) in [5.74, 6) is 1.23. The van der Waals surface area contributed by atoms with Crippen LogP contribution in [-0.2, 0) is 11.1 Å². The molecular weight excluding hydrogens is 578 g/mol. The first-order chi connectivity index (χ1) is 20.2. The first-order valence-corrected chi connectivity index (χ1v) is 16.6. The van der Waals surface area contributed by atoms with E-state index in [1.54, 1.807) is 30.3 Å². The summed E-state index contributed by atoms with van der Waals surface area (Å²) in [6.07, 6.45) is 5.14. The average Bonchev–Trinajstić information content (AvgIpc) is 3.08. The van der Waals surface area contributed by atoms with Gasteiger partial charge in [-0.2, -0.15) is 0 Å². The minimum atomic E-state index is -4.71. The van der Waals surface area contributed by atoms with Gasteiger partial charge in [-0.3, -0.25) is 14.7 Å². The summed E-state index contributed by atoms with van der Waals surface area (Å²) in [7, 11) is -7.24. The SMILES string of the molecule is Cc1c(-c2ccc(OP(O)O)cc2)n(Cc2ccc(OCCN3CCCCCC3)cc2)c2ccc(OP(=O)(O)O)cc12. The Labute approximate surface area is 246 Å². The summed E-state index contributed by atoms with van der Waals surface area (Å²) in [4.78, 5) is 39.5. The lowest BCUT2D eigenvalue weighted by atomic mass is 10.1. The summed E-state index contributed by atoms with van der Waals surface area (Å²) in [6, 6.07) is 20.0. The summed E-state index contributed by atoms with van der Waals surface area (Å²) in [6.45, 7) is 6.34. The number of benzene rings is 3. The molecule has 0 aliphatic carbocycles. The molecule has 4 N–H and O–H groups in total. The zero-order valence-electron chi connectivity index (χ0n) is 23.4. The molecule has 0 amide bonds. The Morgan fingerprint density at radius 3 is 2.14 bits per heavy atom. The predicted molar refractivity (Wildman–Crippen MR) is 163 cm³/mol. The Bertz CT molecular complexity index is 1530. The summed E-state index contributed by atoms with van der Waals surface area (Å²) < 4.78 is 29.5. The van der Waals surface area contributed by atoms with E-state index in [-0.39, 0.29) is 5.75 Å². The third-order valence-electron chi connectivity index (χ3n) is 7.47. The van der Waals surface area contributed by atoms with Crippen molar-refractivity contribution >= 4 is 27.3 Å². The number of likely N-dealkylation sites (tertiary alicyclic amines) is 1. The average molecular weight is 615 g/mol. The molecule has 0 saturated carbocycles. The molecule has 0 spiro atoms. The highest BCUT2D eigenvalue weighted by atomic mass is 31.2. The van der Waals surface area contributed by atoms with Crippen LogP contribution in [0.15, 0.2) is 66.7 Å². The van der Waals surface area contributed by atoms with Gasteiger partial charge in [-0.15, -0.1) is 0 Å². The number of phosphoric acid groups is 1. The van der Waals surface area contributed by atoms with Crippen LogP contribution < -0.4 is 13.8 Å². The van der Waals surface area contributed by atoms with Crippen molar-refractivity contribution in [3.05, 3.63) is 77.9 Å². The smallest absolute Gasteiger partial charge is 0.492 e. The van der Waals surface area contributed by atoms with E-state index in [0.29, 0.717) is 18.9 Å². The highest BCUT2D eigenvalue weighted by Gasteiger charge is 2.20. The molecule has 0 atom stereocenters. The third-order valence-corrected chi connectivity index (χ3v) is 8.29. The van der Waals surface area contributed by atoms with E-state index in [0.717, 1.165) is 58.7 Å². The number of rotatable bonds is 11. The Kier molecular flexibility index (Phi) is 9.86. The maximum absolute atomic E-state index is 11.5. The minimum absolute atomic E-state index is 0.0762. The Morgan fingerprint density at radius 2 is 1.50 bits per heavy atom. The monoisotopic (exact) mass is 614 g/mol. The number of fused-ring (bicyclic) bond motifs is 1. The van der Waals surface area contributed by atoms with Gasteiger partial charge in [0.1, 0.15) is 23.9 Å². The molecule has 0 bridgehead atoms. The van der Waals surface area contributed by atoms with Gasteiger partial charge in [0.2, 0.25) is 0 Å². The number of aromatic nitrogens is 1. The normalized spacial score (nSPS) is 14.7. The molecule has 0 unspecified atom stereocenters. The molecule has 10 nitrogen and oxygen atoms in total. The second-order valence-corrected chi connectivity index (χ2v) is 12.3. The van der Waals surface area contributed by atoms with Crippen LogP contribution in [-0.4, -0.2) is 55.3 Å². The molecule has 1 aliphatic heterocycles. The van der Waals surface area contributed by atoms with Gasteiger partial charge in [-0.1, -0.05) is 25.0 Å². The molecule has 2 heterocycles. The molecule has 1 saturated heterocycles. The first kappa shape index (κ1) is 30.5. The molecule has 42 heavy (non-hydrogen) atoms. The second-order valence-electron chi connectivity index (χ2n) is 10.4. The molecule has 1 fully saturated rings. The van der Waals surface area contributed by atoms with Crippen LogP contribution in [0, 0.1) is 6.92 Å². The van der Waals surface area contributed by atoms with Crippen molar-refractivity contribution in [3.63, 3.8) is 0 Å².